The molecule has 0 saturated heterocycles. The number of hydrogen-bond donors (Lipinski definition) is 2. The van der Waals surface area contributed by atoms with Gasteiger partial charge in [-0.15, -0.1) is 5.10 Å². The molecule has 0 saturated carbocycles. The van der Waals surface area contributed by atoms with Crippen molar-refractivity contribution in [3.05, 3.63) is 52.6 Å². The molecule has 7 nitrogen and oxygen atoms in total. The summed E-state index contributed by atoms with van der Waals surface area (Å²) in [6, 6.07) is 10.5. The lowest BCUT2D eigenvalue weighted by atomic mass is 10.3. The van der Waals surface area contributed by atoms with Crippen LogP contribution >= 0.6 is 23.2 Å². The Balaban J connectivity index is 1.79. The van der Waals surface area contributed by atoms with E-state index in [1.807, 2.05) is 6.07 Å². The highest BCUT2D eigenvalue weighted by Crippen LogP contribution is 2.31. The fourth-order valence-electron chi connectivity index (χ4n) is 2.19. The quantitative estimate of drug-likeness (QED) is 0.630. The molecule has 0 radical (unpaired) electrons. The van der Waals surface area contributed by atoms with Crippen LogP contribution < -0.4 is 20.1 Å². The molecule has 3 rings (SSSR count). The summed E-state index contributed by atoms with van der Waals surface area (Å²) in [6.45, 7) is 0. The SMILES string of the molecule is COc1ccc(Nc2nncc(Nc3ccc(Cl)cc3Cl)n2)cc1OC. The lowest BCUT2D eigenvalue weighted by molar-refractivity contribution is 0.355. The van der Waals surface area contributed by atoms with Gasteiger partial charge in [-0.1, -0.05) is 23.2 Å². The molecule has 0 aliphatic heterocycles. The van der Waals surface area contributed by atoms with Gasteiger partial charge in [-0.05, 0) is 30.3 Å². The Hall–Kier alpha value is -2.77. The largest absolute Gasteiger partial charge is 0.493 e. The zero-order valence-electron chi connectivity index (χ0n) is 14.0. The Kier molecular flexibility index (Phi) is 5.60. The number of hydrogen-bond acceptors (Lipinski definition) is 7. The van der Waals surface area contributed by atoms with Crippen LogP contribution in [0.2, 0.25) is 10.0 Å². The highest BCUT2D eigenvalue weighted by Gasteiger charge is 2.08. The molecule has 0 fully saturated rings. The molecule has 1 heterocycles. The normalized spacial score (nSPS) is 10.3. The molecule has 2 N–H and O–H groups in total. The number of nitrogens with one attached hydrogen (secondary N) is 2. The topological polar surface area (TPSA) is 81.2 Å². The van der Waals surface area contributed by atoms with Gasteiger partial charge in [0, 0.05) is 16.8 Å². The fraction of sp³-hybridized carbons (Fsp3) is 0.118. The third-order valence-corrected chi connectivity index (χ3v) is 3.94. The van der Waals surface area contributed by atoms with Crippen LogP contribution in [0.25, 0.3) is 0 Å². The molecule has 0 spiro atoms. The molecule has 0 atom stereocenters. The molecule has 134 valence electrons. The molecule has 0 amide bonds. The summed E-state index contributed by atoms with van der Waals surface area (Å²) in [5.74, 6) is 2.01. The van der Waals surface area contributed by atoms with Gasteiger partial charge < -0.3 is 20.1 Å². The van der Waals surface area contributed by atoms with Crippen LogP contribution in [0, 0.1) is 0 Å². The van der Waals surface area contributed by atoms with Gasteiger partial charge in [0.1, 0.15) is 0 Å². The number of halogens is 2. The summed E-state index contributed by atoms with van der Waals surface area (Å²) >= 11 is 12.1. The van der Waals surface area contributed by atoms with Crippen molar-refractivity contribution >= 4 is 46.3 Å². The number of methoxy groups -OCH3 is 2. The summed E-state index contributed by atoms with van der Waals surface area (Å²) in [7, 11) is 3.15. The molecule has 26 heavy (non-hydrogen) atoms. The van der Waals surface area contributed by atoms with E-state index >= 15 is 0 Å². The van der Waals surface area contributed by atoms with E-state index in [1.165, 1.54) is 6.20 Å². The third-order valence-electron chi connectivity index (χ3n) is 3.39. The van der Waals surface area contributed by atoms with Crippen molar-refractivity contribution in [1.29, 1.82) is 0 Å². The first-order valence-electron chi connectivity index (χ1n) is 7.50. The van der Waals surface area contributed by atoms with Crippen molar-refractivity contribution in [2.24, 2.45) is 0 Å². The zero-order chi connectivity index (χ0) is 18.5. The van der Waals surface area contributed by atoms with Gasteiger partial charge in [-0.2, -0.15) is 10.1 Å². The second-order valence-electron chi connectivity index (χ2n) is 5.11. The highest BCUT2D eigenvalue weighted by molar-refractivity contribution is 6.36. The van der Waals surface area contributed by atoms with Crippen molar-refractivity contribution in [2.75, 3.05) is 24.9 Å². The molecular weight excluding hydrogens is 377 g/mol. The van der Waals surface area contributed by atoms with Crippen LogP contribution in [0.4, 0.5) is 23.1 Å². The van der Waals surface area contributed by atoms with Gasteiger partial charge in [0.05, 0.1) is 31.1 Å². The lowest BCUT2D eigenvalue weighted by Crippen LogP contribution is -2.03. The van der Waals surface area contributed by atoms with E-state index in [2.05, 4.69) is 25.8 Å². The van der Waals surface area contributed by atoms with E-state index in [0.717, 1.165) is 5.69 Å². The minimum absolute atomic E-state index is 0.312. The maximum atomic E-state index is 6.16. The van der Waals surface area contributed by atoms with Crippen LogP contribution in [-0.4, -0.2) is 29.4 Å². The molecule has 3 aromatic rings. The lowest BCUT2D eigenvalue weighted by Gasteiger charge is -2.11. The summed E-state index contributed by atoms with van der Waals surface area (Å²) in [6.07, 6.45) is 1.49. The van der Waals surface area contributed by atoms with Crippen LogP contribution in [-0.2, 0) is 0 Å². The van der Waals surface area contributed by atoms with E-state index in [0.29, 0.717) is 39.0 Å². The molecular formula is C17H15Cl2N5O2. The van der Waals surface area contributed by atoms with Gasteiger partial charge in [-0.3, -0.25) is 0 Å². The molecule has 2 aromatic carbocycles. The Morgan fingerprint density at radius 1 is 0.923 bits per heavy atom. The van der Waals surface area contributed by atoms with Gasteiger partial charge in [0.25, 0.3) is 0 Å². The molecule has 0 unspecified atom stereocenters. The number of aromatic nitrogens is 3. The standard InChI is InChI=1S/C17H15Cl2N5O2/c1-25-14-6-4-11(8-15(14)26-2)21-17-23-16(9-20-24-17)22-13-5-3-10(18)7-12(13)19/h3-9H,1-2H3,(H2,21,22,23,24). The number of anilines is 4. The second-order valence-corrected chi connectivity index (χ2v) is 5.95. The number of nitrogens with zero attached hydrogens (tertiary/aromatic N) is 3. The van der Waals surface area contributed by atoms with Crippen LogP contribution in [0.5, 0.6) is 11.5 Å². The Labute approximate surface area is 160 Å². The predicted molar refractivity (Wildman–Crippen MR) is 102 cm³/mol. The Bertz CT molecular complexity index is 923. The maximum absolute atomic E-state index is 6.16. The van der Waals surface area contributed by atoms with E-state index in [9.17, 15) is 0 Å². The van der Waals surface area contributed by atoms with Gasteiger partial charge in [0.15, 0.2) is 17.3 Å². The molecule has 1 aromatic heterocycles. The number of benzene rings is 2. The van der Waals surface area contributed by atoms with E-state index in [-0.39, 0.29) is 0 Å². The smallest absolute Gasteiger partial charge is 0.249 e. The minimum Gasteiger partial charge on any atom is -0.493 e. The molecule has 9 heteroatoms. The molecule has 0 bridgehead atoms. The Morgan fingerprint density at radius 3 is 2.46 bits per heavy atom. The number of ether oxygens (including phenoxy) is 2. The van der Waals surface area contributed by atoms with Gasteiger partial charge in [0.2, 0.25) is 5.95 Å². The van der Waals surface area contributed by atoms with E-state index < -0.39 is 0 Å². The third kappa shape index (κ3) is 4.25. The van der Waals surface area contributed by atoms with E-state index in [4.69, 9.17) is 32.7 Å². The summed E-state index contributed by atoms with van der Waals surface area (Å²) < 4.78 is 10.5. The van der Waals surface area contributed by atoms with Crippen LogP contribution in [0.1, 0.15) is 0 Å². The van der Waals surface area contributed by atoms with Crippen molar-refractivity contribution in [3.8, 4) is 11.5 Å². The Morgan fingerprint density at radius 2 is 1.73 bits per heavy atom. The molecule has 0 aliphatic carbocycles. The zero-order valence-corrected chi connectivity index (χ0v) is 15.5. The van der Waals surface area contributed by atoms with Crippen LogP contribution in [0.3, 0.4) is 0 Å². The predicted octanol–water partition coefficient (Wildman–Crippen LogP) is 4.68. The maximum Gasteiger partial charge on any atom is 0.249 e. The fourth-order valence-corrected chi connectivity index (χ4v) is 2.64. The highest BCUT2D eigenvalue weighted by atomic mass is 35.5. The first-order chi connectivity index (χ1) is 12.6. The second kappa shape index (κ2) is 8.07. The first-order valence-corrected chi connectivity index (χ1v) is 8.25. The monoisotopic (exact) mass is 391 g/mol. The summed E-state index contributed by atoms with van der Waals surface area (Å²) in [5.41, 5.74) is 1.39. The van der Waals surface area contributed by atoms with Gasteiger partial charge in [-0.25, -0.2) is 0 Å². The van der Waals surface area contributed by atoms with Gasteiger partial charge >= 0.3 is 0 Å². The first kappa shape index (κ1) is 18.0. The summed E-state index contributed by atoms with van der Waals surface area (Å²) in [5, 5.41) is 15.1. The average Bonchev–Trinajstić information content (AvgIpc) is 2.64. The van der Waals surface area contributed by atoms with Crippen molar-refractivity contribution in [3.63, 3.8) is 0 Å². The van der Waals surface area contributed by atoms with Crippen molar-refractivity contribution in [2.45, 2.75) is 0 Å². The van der Waals surface area contributed by atoms with Crippen LogP contribution in [0.15, 0.2) is 42.6 Å². The van der Waals surface area contributed by atoms with E-state index in [1.54, 1.807) is 44.6 Å². The number of rotatable bonds is 6. The minimum atomic E-state index is 0.312. The van der Waals surface area contributed by atoms with Crippen molar-refractivity contribution in [1.82, 2.24) is 15.2 Å². The van der Waals surface area contributed by atoms with Crippen molar-refractivity contribution < 1.29 is 9.47 Å². The average molecular weight is 392 g/mol. The molecule has 0 aliphatic rings. The summed E-state index contributed by atoms with van der Waals surface area (Å²) in [4.78, 5) is 4.37.